The van der Waals surface area contributed by atoms with Crippen LogP contribution in [0, 0.1) is 0 Å². The van der Waals surface area contributed by atoms with E-state index in [1.807, 2.05) is 59.5 Å². The minimum absolute atomic E-state index is 0.0134. The van der Waals surface area contributed by atoms with Crippen molar-refractivity contribution in [3.63, 3.8) is 0 Å². The zero-order valence-electron chi connectivity index (χ0n) is 15.9. The van der Waals surface area contributed by atoms with Crippen LogP contribution in [0.2, 0.25) is 5.02 Å². The number of hydrogen-bond donors (Lipinski definition) is 1. The van der Waals surface area contributed by atoms with Gasteiger partial charge >= 0.3 is 0 Å². The highest BCUT2D eigenvalue weighted by atomic mass is 35.5. The number of carbonyl (C=O) groups excluding carboxylic acids is 2. The van der Waals surface area contributed by atoms with Gasteiger partial charge in [-0.2, -0.15) is 0 Å². The average Bonchev–Trinajstić information content (AvgIpc) is 3.13. The topological polar surface area (TPSA) is 66.6 Å². The normalized spacial score (nSPS) is 16.2. The van der Waals surface area contributed by atoms with Crippen LogP contribution in [0.25, 0.3) is 0 Å². The van der Waals surface area contributed by atoms with E-state index in [0.717, 1.165) is 17.7 Å². The van der Waals surface area contributed by atoms with Gasteiger partial charge in [0.15, 0.2) is 5.78 Å². The third-order valence-electron chi connectivity index (χ3n) is 4.97. The van der Waals surface area contributed by atoms with Gasteiger partial charge in [0.2, 0.25) is 5.91 Å². The minimum atomic E-state index is 0.0134. The summed E-state index contributed by atoms with van der Waals surface area (Å²) in [4.78, 5) is 28.9. The highest BCUT2D eigenvalue weighted by molar-refractivity contribution is 6.30. The molecule has 0 spiro atoms. The number of halogens is 1. The van der Waals surface area contributed by atoms with Crippen LogP contribution in [0.1, 0.15) is 18.4 Å². The van der Waals surface area contributed by atoms with E-state index in [1.54, 1.807) is 4.90 Å². The van der Waals surface area contributed by atoms with E-state index in [4.69, 9.17) is 17.3 Å². The summed E-state index contributed by atoms with van der Waals surface area (Å²) in [7, 11) is 0. The van der Waals surface area contributed by atoms with Crippen molar-refractivity contribution in [3.8, 4) is 0 Å². The number of carbonyl (C=O) groups is 2. The highest BCUT2D eigenvalue weighted by Crippen LogP contribution is 2.16. The summed E-state index contributed by atoms with van der Waals surface area (Å²) in [6, 6.07) is 17.2. The monoisotopic (exact) mass is 399 g/mol. The predicted molar refractivity (Wildman–Crippen MR) is 113 cm³/mol. The molecule has 0 aromatic heterocycles. The molecule has 0 aliphatic carbocycles. The lowest BCUT2D eigenvalue weighted by Gasteiger charge is -2.26. The number of benzene rings is 2. The molecular formula is C22H26ClN3O2. The SMILES string of the molecule is NC1CCN(C(=O)CN(CC(=O)CCc2cccc(Cl)c2)c2ccccc2)C1. The molecule has 1 heterocycles. The molecule has 6 heteroatoms. The lowest BCUT2D eigenvalue weighted by molar-refractivity contribution is -0.128. The predicted octanol–water partition coefficient (Wildman–Crippen LogP) is 2.91. The number of hydrogen-bond acceptors (Lipinski definition) is 4. The van der Waals surface area contributed by atoms with Crippen molar-refractivity contribution in [1.29, 1.82) is 0 Å². The highest BCUT2D eigenvalue weighted by Gasteiger charge is 2.25. The number of amides is 1. The molecule has 0 bridgehead atoms. The van der Waals surface area contributed by atoms with Gasteiger partial charge in [-0.15, -0.1) is 0 Å². The molecule has 3 rings (SSSR count). The first-order chi connectivity index (χ1) is 13.5. The maximum absolute atomic E-state index is 12.7. The molecule has 5 nitrogen and oxygen atoms in total. The maximum Gasteiger partial charge on any atom is 0.242 e. The molecule has 1 aliphatic rings. The quantitative estimate of drug-likeness (QED) is 0.741. The molecule has 1 amide bonds. The third kappa shape index (κ3) is 5.81. The summed E-state index contributed by atoms with van der Waals surface area (Å²) < 4.78 is 0. The Kier molecular flexibility index (Phi) is 7.06. The zero-order chi connectivity index (χ0) is 19.9. The molecule has 1 atom stereocenters. The Morgan fingerprint density at radius 3 is 2.57 bits per heavy atom. The van der Waals surface area contributed by atoms with E-state index in [9.17, 15) is 9.59 Å². The van der Waals surface area contributed by atoms with Gasteiger partial charge in [-0.25, -0.2) is 0 Å². The summed E-state index contributed by atoms with van der Waals surface area (Å²) >= 11 is 6.01. The molecule has 1 saturated heterocycles. The Labute approximate surface area is 171 Å². The standard InChI is InChI=1S/C22H26ClN3O2/c23-18-6-4-5-17(13-18)9-10-21(27)15-26(20-7-2-1-3-8-20)16-22(28)25-12-11-19(24)14-25/h1-8,13,19H,9-12,14-16,24H2. The van der Waals surface area contributed by atoms with Crippen LogP contribution in [0.3, 0.4) is 0 Å². The van der Waals surface area contributed by atoms with Crippen LogP contribution >= 0.6 is 11.6 Å². The third-order valence-corrected chi connectivity index (χ3v) is 5.21. The van der Waals surface area contributed by atoms with Crippen molar-refractivity contribution in [2.75, 3.05) is 31.1 Å². The minimum Gasteiger partial charge on any atom is -0.355 e. The summed E-state index contributed by atoms with van der Waals surface area (Å²) in [5.41, 5.74) is 7.83. The largest absolute Gasteiger partial charge is 0.355 e. The van der Waals surface area contributed by atoms with Gasteiger partial charge < -0.3 is 15.5 Å². The number of rotatable bonds is 8. The molecule has 28 heavy (non-hydrogen) atoms. The first-order valence-electron chi connectivity index (χ1n) is 9.61. The van der Waals surface area contributed by atoms with E-state index < -0.39 is 0 Å². The van der Waals surface area contributed by atoms with Crippen molar-refractivity contribution >= 4 is 29.0 Å². The fourth-order valence-corrected chi connectivity index (χ4v) is 3.64. The molecule has 2 aromatic rings. The first-order valence-corrected chi connectivity index (χ1v) is 9.98. The number of anilines is 1. The molecule has 2 N–H and O–H groups in total. The van der Waals surface area contributed by atoms with Gasteiger partial charge in [-0.05, 0) is 42.7 Å². The van der Waals surface area contributed by atoms with E-state index in [-0.39, 0.29) is 30.8 Å². The van der Waals surface area contributed by atoms with E-state index in [0.29, 0.717) is 31.0 Å². The molecule has 1 unspecified atom stereocenters. The number of para-hydroxylation sites is 1. The fourth-order valence-electron chi connectivity index (χ4n) is 3.42. The number of Topliss-reactive ketones (excluding diaryl/α,β-unsaturated/α-hetero) is 1. The van der Waals surface area contributed by atoms with Gasteiger partial charge in [0.1, 0.15) is 0 Å². The number of ketones is 1. The Morgan fingerprint density at radius 1 is 1.11 bits per heavy atom. The zero-order valence-corrected chi connectivity index (χ0v) is 16.6. The molecule has 0 radical (unpaired) electrons. The van der Waals surface area contributed by atoms with Crippen LogP contribution in [-0.2, 0) is 16.0 Å². The van der Waals surface area contributed by atoms with Crippen LogP contribution in [0.5, 0.6) is 0 Å². The second-order valence-electron chi connectivity index (χ2n) is 7.25. The lowest BCUT2D eigenvalue weighted by atomic mass is 10.1. The number of nitrogens with zero attached hydrogens (tertiary/aromatic N) is 2. The second kappa shape index (κ2) is 9.71. The second-order valence-corrected chi connectivity index (χ2v) is 7.69. The molecule has 0 saturated carbocycles. The molecule has 1 aliphatic heterocycles. The Morgan fingerprint density at radius 2 is 1.89 bits per heavy atom. The van der Waals surface area contributed by atoms with Gasteiger partial charge in [0.05, 0.1) is 13.1 Å². The Hall–Kier alpha value is -2.37. The van der Waals surface area contributed by atoms with Gasteiger partial charge in [-0.3, -0.25) is 9.59 Å². The van der Waals surface area contributed by atoms with Crippen molar-refractivity contribution in [2.45, 2.75) is 25.3 Å². The van der Waals surface area contributed by atoms with Gasteiger partial charge in [-0.1, -0.05) is 41.9 Å². The van der Waals surface area contributed by atoms with Crippen molar-refractivity contribution in [2.24, 2.45) is 5.73 Å². The smallest absolute Gasteiger partial charge is 0.242 e. The molecule has 2 aromatic carbocycles. The van der Waals surface area contributed by atoms with Gasteiger partial charge in [0, 0.05) is 36.3 Å². The number of likely N-dealkylation sites (tertiary alicyclic amines) is 1. The lowest BCUT2D eigenvalue weighted by Crippen LogP contribution is -2.42. The number of aryl methyl sites for hydroxylation is 1. The average molecular weight is 400 g/mol. The van der Waals surface area contributed by atoms with Crippen LogP contribution in [0.4, 0.5) is 5.69 Å². The van der Waals surface area contributed by atoms with E-state index in [1.165, 1.54) is 0 Å². The van der Waals surface area contributed by atoms with Crippen LogP contribution in [0.15, 0.2) is 54.6 Å². The molecular weight excluding hydrogens is 374 g/mol. The van der Waals surface area contributed by atoms with E-state index >= 15 is 0 Å². The van der Waals surface area contributed by atoms with E-state index in [2.05, 4.69) is 0 Å². The Bertz CT molecular complexity index is 812. The summed E-state index contributed by atoms with van der Waals surface area (Å²) in [5.74, 6) is 0.106. The van der Waals surface area contributed by atoms with Crippen LogP contribution < -0.4 is 10.6 Å². The summed E-state index contributed by atoms with van der Waals surface area (Å²) in [5, 5.41) is 0.672. The first kappa shape index (κ1) is 20.4. The fraction of sp³-hybridized carbons (Fsp3) is 0.364. The van der Waals surface area contributed by atoms with Crippen molar-refractivity contribution in [3.05, 3.63) is 65.2 Å². The van der Waals surface area contributed by atoms with Gasteiger partial charge in [0.25, 0.3) is 0 Å². The van der Waals surface area contributed by atoms with Crippen molar-refractivity contribution < 1.29 is 9.59 Å². The van der Waals surface area contributed by atoms with Crippen molar-refractivity contribution in [1.82, 2.24) is 4.90 Å². The summed E-state index contributed by atoms with van der Waals surface area (Å²) in [6.45, 7) is 1.66. The van der Waals surface area contributed by atoms with Crippen LogP contribution in [-0.4, -0.2) is 48.8 Å². The number of nitrogens with two attached hydrogens (primary N) is 1. The molecule has 148 valence electrons. The molecule has 1 fully saturated rings. The maximum atomic E-state index is 12.7. The Balaban J connectivity index is 1.62. The summed E-state index contributed by atoms with van der Waals surface area (Å²) in [6.07, 6.45) is 1.87.